The molecule has 0 saturated heterocycles. The maximum atomic E-state index is 13.7. The number of nitro benzene ring substituents is 1. The summed E-state index contributed by atoms with van der Waals surface area (Å²) in [6.45, 7) is 3.75. The molecule has 0 aliphatic carbocycles. The number of hydrogen-bond donors (Lipinski definition) is 1. The van der Waals surface area contributed by atoms with Gasteiger partial charge < -0.3 is 5.73 Å². The lowest BCUT2D eigenvalue weighted by molar-refractivity contribution is -0.387. The van der Waals surface area contributed by atoms with Crippen molar-refractivity contribution in [2.45, 2.75) is 25.7 Å². The van der Waals surface area contributed by atoms with Gasteiger partial charge in [-0.25, -0.2) is 4.39 Å². The summed E-state index contributed by atoms with van der Waals surface area (Å²) in [6.07, 6.45) is 0.459. The van der Waals surface area contributed by atoms with Crippen LogP contribution >= 0.6 is 0 Å². The Kier molecular flexibility index (Phi) is 3.77. The van der Waals surface area contributed by atoms with Crippen LogP contribution in [0.15, 0.2) is 12.1 Å². The quantitative estimate of drug-likeness (QED) is 0.653. The van der Waals surface area contributed by atoms with Crippen LogP contribution in [0.25, 0.3) is 0 Å². The van der Waals surface area contributed by atoms with E-state index in [4.69, 9.17) is 5.73 Å². The second-order valence-electron chi connectivity index (χ2n) is 4.46. The van der Waals surface area contributed by atoms with Gasteiger partial charge in [0.2, 0.25) is 5.82 Å². The predicted octanol–water partition coefficient (Wildman–Crippen LogP) is 2.50. The Morgan fingerprint density at radius 2 is 1.94 bits per heavy atom. The van der Waals surface area contributed by atoms with E-state index in [0.717, 1.165) is 6.07 Å². The van der Waals surface area contributed by atoms with E-state index in [9.17, 15) is 18.9 Å². The first kappa shape index (κ1) is 13.5. The molecule has 1 aromatic carbocycles. The summed E-state index contributed by atoms with van der Waals surface area (Å²) in [7, 11) is 0. The minimum atomic E-state index is -1.03. The third-order valence-corrected chi connectivity index (χ3v) is 2.73. The second kappa shape index (κ2) is 4.75. The molecule has 0 fully saturated rings. The zero-order valence-electron chi connectivity index (χ0n) is 9.67. The molecule has 0 saturated carbocycles. The second-order valence-corrected chi connectivity index (χ2v) is 4.46. The van der Waals surface area contributed by atoms with Gasteiger partial charge in [0.15, 0.2) is 0 Å². The van der Waals surface area contributed by atoms with Crippen LogP contribution in [0.4, 0.5) is 14.5 Å². The molecular weight excluding hydrogens is 230 g/mol. The Balaban J connectivity index is 3.29. The molecule has 0 bridgehead atoms. The van der Waals surface area contributed by atoms with E-state index >= 15 is 0 Å². The molecule has 0 spiro atoms. The summed E-state index contributed by atoms with van der Waals surface area (Å²) in [6, 6.07) is 1.49. The molecular formula is C11H14F2N2O2. The molecule has 0 aliphatic heterocycles. The zero-order chi connectivity index (χ0) is 13.2. The first-order valence-corrected chi connectivity index (χ1v) is 5.13. The summed E-state index contributed by atoms with van der Waals surface area (Å²) in [4.78, 5) is 9.49. The third kappa shape index (κ3) is 2.76. The normalized spacial score (nSPS) is 11.6. The van der Waals surface area contributed by atoms with Crippen molar-refractivity contribution in [2.75, 3.05) is 6.54 Å². The summed E-state index contributed by atoms with van der Waals surface area (Å²) < 4.78 is 27.1. The number of nitrogens with two attached hydrogens (primary N) is 1. The molecule has 6 heteroatoms. The minimum absolute atomic E-state index is 0.103. The van der Waals surface area contributed by atoms with Crippen LogP contribution in [0.2, 0.25) is 0 Å². The molecule has 0 aliphatic rings. The fourth-order valence-electron chi connectivity index (χ4n) is 1.69. The van der Waals surface area contributed by atoms with Crippen molar-refractivity contribution in [3.05, 3.63) is 39.4 Å². The monoisotopic (exact) mass is 244 g/mol. The Bertz CT molecular complexity index is 447. The highest BCUT2D eigenvalue weighted by Crippen LogP contribution is 2.32. The number of benzene rings is 1. The number of nitrogens with zero attached hydrogens (tertiary/aromatic N) is 1. The van der Waals surface area contributed by atoms with Crippen molar-refractivity contribution in [1.82, 2.24) is 0 Å². The van der Waals surface area contributed by atoms with Crippen molar-refractivity contribution >= 4 is 5.69 Å². The SMILES string of the molecule is CC(C)(CCN)c1cc(F)c([N+](=O)[O-])cc1F. The highest BCUT2D eigenvalue weighted by Gasteiger charge is 2.27. The van der Waals surface area contributed by atoms with Gasteiger partial charge in [-0.15, -0.1) is 0 Å². The average Bonchev–Trinajstić information content (AvgIpc) is 2.20. The molecule has 1 aromatic rings. The molecule has 0 atom stereocenters. The Morgan fingerprint density at radius 1 is 1.35 bits per heavy atom. The van der Waals surface area contributed by atoms with Crippen LogP contribution in [0.5, 0.6) is 0 Å². The molecule has 94 valence electrons. The predicted molar refractivity (Wildman–Crippen MR) is 59.7 cm³/mol. The van der Waals surface area contributed by atoms with Gasteiger partial charge in [0.25, 0.3) is 0 Å². The van der Waals surface area contributed by atoms with E-state index < -0.39 is 27.7 Å². The first-order chi connectivity index (χ1) is 7.79. The smallest absolute Gasteiger partial charge is 0.307 e. The average molecular weight is 244 g/mol. The number of halogens is 2. The summed E-state index contributed by atoms with van der Waals surface area (Å²) >= 11 is 0. The fraction of sp³-hybridized carbons (Fsp3) is 0.455. The molecule has 0 radical (unpaired) electrons. The van der Waals surface area contributed by atoms with E-state index in [1.54, 1.807) is 13.8 Å². The number of rotatable bonds is 4. The van der Waals surface area contributed by atoms with Gasteiger partial charge in [0, 0.05) is 0 Å². The van der Waals surface area contributed by atoms with Gasteiger partial charge in [-0.1, -0.05) is 13.8 Å². The largest absolute Gasteiger partial charge is 0.330 e. The van der Waals surface area contributed by atoms with Crippen LogP contribution in [0, 0.1) is 21.7 Å². The lowest BCUT2D eigenvalue weighted by atomic mass is 9.81. The minimum Gasteiger partial charge on any atom is -0.330 e. The maximum absolute atomic E-state index is 13.7. The molecule has 0 heterocycles. The van der Waals surface area contributed by atoms with Crippen molar-refractivity contribution in [3.8, 4) is 0 Å². The molecule has 2 N–H and O–H groups in total. The van der Waals surface area contributed by atoms with Crippen molar-refractivity contribution in [1.29, 1.82) is 0 Å². The summed E-state index contributed by atoms with van der Waals surface area (Å²) in [5.41, 5.74) is 3.99. The van der Waals surface area contributed by atoms with Crippen molar-refractivity contribution in [3.63, 3.8) is 0 Å². The van der Waals surface area contributed by atoms with Gasteiger partial charge in [-0.3, -0.25) is 10.1 Å². The van der Waals surface area contributed by atoms with Gasteiger partial charge in [0.1, 0.15) is 5.82 Å². The fourth-order valence-corrected chi connectivity index (χ4v) is 1.69. The standard InChI is InChI=1S/C11H14F2N2O2/c1-11(2,3-4-14)7-5-9(13)10(15(16)17)6-8(7)12/h5-6H,3-4,14H2,1-2H3. The Hall–Kier alpha value is -1.56. The number of hydrogen-bond acceptors (Lipinski definition) is 3. The van der Waals surface area contributed by atoms with Crippen LogP contribution in [0.3, 0.4) is 0 Å². The van der Waals surface area contributed by atoms with Crippen molar-refractivity contribution < 1.29 is 13.7 Å². The van der Waals surface area contributed by atoms with E-state index in [1.807, 2.05) is 0 Å². The van der Waals surface area contributed by atoms with Crippen LogP contribution in [-0.2, 0) is 5.41 Å². The van der Waals surface area contributed by atoms with E-state index in [1.165, 1.54) is 0 Å². The third-order valence-electron chi connectivity index (χ3n) is 2.73. The van der Waals surface area contributed by atoms with Gasteiger partial charge >= 0.3 is 5.69 Å². The van der Waals surface area contributed by atoms with Crippen LogP contribution < -0.4 is 5.73 Å². The molecule has 4 nitrogen and oxygen atoms in total. The molecule has 17 heavy (non-hydrogen) atoms. The number of nitro groups is 1. The van der Waals surface area contributed by atoms with Crippen LogP contribution in [0.1, 0.15) is 25.8 Å². The molecule has 0 unspecified atom stereocenters. The lowest BCUT2D eigenvalue weighted by Crippen LogP contribution is -2.23. The van der Waals surface area contributed by atoms with E-state index in [2.05, 4.69) is 0 Å². The van der Waals surface area contributed by atoms with E-state index in [0.29, 0.717) is 19.0 Å². The van der Waals surface area contributed by atoms with Crippen molar-refractivity contribution in [2.24, 2.45) is 5.73 Å². The highest BCUT2D eigenvalue weighted by atomic mass is 19.1. The van der Waals surface area contributed by atoms with Gasteiger partial charge in [-0.05, 0) is 30.0 Å². The molecule has 0 aromatic heterocycles. The van der Waals surface area contributed by atoms with Gasteiger partial charge in [0.05, 0.1) is 11.0 Å². The van der Waals surface area contributed by atoms with Gasteiger partial charge in [-0.2, -0.15) is 4.39 Å². The summed E-state index contributed by atoms with van der Waals surface area (Å²) in [5, 5.41) is 10.4. The Labute approximate surface area is 97.6 Å². The topological polar surface area (TPSA) is 69.2 Å². The first-order valence-electron chi connectivity index (χ1n) is 5.13. The highest BCUT2D eigenvalue weighted by molar-refractivity contribution is 5.39. The molecule has 1 rings (SSSR count). The Morgan fingerprint density at radius 3 is 2.41 bits per heavy atom. The van der Waals surface area contributed by atoms with E-state index in [-0.39, 0.29) is 5.56 Å². The summed E-state index contributed by atoms with van der Waals surface area (Å²) in [5.74, 6) is -1.81. The lowest BCUT2D eigenvalue weighted by Gasteiger charge is -2.24. The van der Waals surface area contributed by atoms with Crippen LogP contribution in [-0.4, -0.2) is 11.5 Å². The zero-order valence-corrected chi connectivity index (χ0v) is 9.67. The molecule has 0 amide bonds. The maximum Gasteiger partial charge on any atom is 0.307 e.